The van der Waals surface area contributed by atoms with Gasteiger partial charge in [-0.15, -0.1) is 0 Å². The topological polar surface area (TPSA) is 60.3 Å². The molecule has 1 aliphatic heterocycles. The Kier molecular flexibility index (Phi) is 2.94. The number of methoxy groups -OCH3 is 1. The molecule has 0 bridgehead atoms. The molecule has 1 aliphatic rings. The molecule has 0 radical (unpaired) electrons. The first-order valence-electron chi connectivity index (χ1n) is 5.21. The Morgan fingerprint density at radius 3 is 3.12 bits per heavy atom. The molecule has 1 N–H and O–H groups in total. The van der Waals surface area contributed by atoms with Crippen LogP contribution in [0.5, 0.6) is 0 Å². The molecular weight excluding hydrogens is 208 g/mol. The Hall–Kier alpha value is -1.78. The van der Waals surface area contributed by atoms with Gasteiger partial charge in [0, 0.05) is 31.6 Å². The Balaban J connectivity index is 2.07. The lowest BCUT2D eigenvalue weighted by Gasteiger charge is -2.11. The molecule has 0 spiro atoms. The van der Waals surface area contributed by atoms with Crippen molar-refractivity contribution in [2.45, 2.75) is 13.0 Å². The van der Waals surface area contributed by atoms with E-state index in [1.807, 2.05) is 10.8 Å². The average Bonchev–Trinajstić information content (AvgIpc) is 2.87. The number of esters is 1. The van der Waals surface area contributed by atoms with Crippen molar-refractivity contribution >= 4 is 11.9 Å². The van der Waals surface area contributed by atoms with E-state index in [1.165, 1.54) is 7.11 Å². The van der Waals surface area contributed by atoms with Gasteiger partial charge in [-0.2, -0.15) is 0 Å². The van der Waals surface area contributed by atoms with Gasteiger partial charge in [0.2, 0.25) is 5.91 Å². The van der Waals surface area contributed by atoms with Crippen molar-refractivity contribution in [2.75, 3.05) is 13.7 Å². The molecule has 1 aromatic heterocycles. The fraction of sp³-hybridized carbons (Fsp3) is 0.455. The van der Waals surface area contributed by atoms with Crippen molar-refractivity contribution < 1.29 is 14.3 Å². The van der Waals surface area contributed by atoms with E-state index in [2.05, 4.69) is 10.1 Å². The fourth-order valence-corrected chi connectivity index (χ4v) is 1.94. The highest BCUT2D eigenvalue weighted by Gasteiger charge is 2.23. The molecule has 1 unspecified atom stereocenters. The second kappa shape index (κ2) is 4.38. The number of amides is 1. The van der Waals surface area contributed by atoms with Gasteiger partial charge in [-0.05, 0) is 12.1 Å². The third-order valence-corrected chi connectivity index (χ3v) is 2.74. The van der Waals surface area contributed by atoms with E-state index in [0.29, 0.717) is 25.2 Å². The highest BCUT2D eigenvalue weighted by Crippen LogP contribution is 2.14. The molecule has 0 aromatic carbocycles. The maximum atomic E-state index is 11.4. The van der Waals surface area contributed by atoms with Gasteiger partial charge in [0.15, 0.2) is 0 Å². The van der Waals surface area contributed by atoms with Crippen LogP contribution in [0.25, 0.3) is 0 Å². The Morgan fingerprint density at radius 1 is 1.69 bits per heavy atom. The van der Waals surface area contributed by atoms with Crippen LogP contribution in [-0.2, 0) is 16.1 Å². The number of hydrogen-bond acceptors (Lipinski definition) is 3. The van der Waals surface area contributed by atoms with Crippen LogP contribution in [0.1, 0.15) is 16.9 Å². The molecule has 2 heterocycles. The number of rotatable bonds is 3. The summed E-state index contributed by atoms with van der Waals surface area (Å²) in [5.41, 5.74) is 0.529. The summed E-state index contributed by atoms with van der Waals surface area (Å²) < 4.78 is 6.51. The minimum atomic E-state index is -0.345. The lowest BCUT2D eigenvalue weighted by Crippen LogP contribution is -2.18. The Bertz CT molecular complexity index is 411. The summed E-state index contributed by atoms with van der Waals surface area (Å²) in [4.78, 5) is 22.5. The second-order valence-corrected chi connectivity index (χ2v) is 3.91. The molecule has 1 atom stereocenters. The summed E-state index contributed by atoms with van der Waals surface area (Å²) >= 11 is 0. The van der Waals surface area contributed by atoms with Gasteiger partial charge in [-0.3, -0.25) is 4.79 Å². The van der Waals surface area contributed by atoms with E-state index < -0.39 is 0 Å². The zero-order valence-corrected chi connectivity index (χ0v) is 9.10. The van der Waals surface area contributed by atoms with Crippen molar-refractivity contribution in [3.05, 3.63) is 24.0 Å². The zero-order chi connectivity index (χ0) is 11.5. The molecule has 1 fully saturated rings. The minimum Gasteiger partial charge on any atom is -0.464 e. The number of nitrogens with zero attached hydrogens (tertiary/aromatic N) is 1. The third kappa shape index (κ3) is 2.08. The first-order chi connectivity index (χ1) is 7.70. The van der Waals surface area contributed by atoms with Crippen molar-refractivity contribution in [3.63, 3.8) is 0 Å². The van der Waals surface area contributed by atoms with Crippen LogP contribution in [0.3, 0.4) is 0 Å². The number of aromatic nitrogens is 1. The van der Waals surface area contributed by atoms with Gasteiger partial charge >= 0.3 is 5.97 Å². The van der Waals surface area contributed by atoms with Crippen molar-refractivity contribution in [1.29, 1.82) is 0 Å². The summed E-state index contributed by atoms with van der Waals surface area (Å²) in [5.74, 6) is -0.0117. The molecule has 5 heteroatoms. The van der Waals surface area contributed by atoms with Crippen molar-refractivity contribution in [2.24, 2.45) is 5.92 Å². The summed E-state index contributed by atoms with van der Waals surface area (Å²) in [7, 11) is 1.36. The molecule has 0 aliphatic carbocycles. The van der Waals surface area contributed by atoms with Crippen LogP contribution in [0, 0.1) is 5.92 Å². The highest BCUT2D eigenvalue weighted by molar-refractivity contribution is 5.87. The maximum Gasteiger partial charge on any atom is 0.354 e. The van der Waals surface area contributed by atoms with E-state index in [1.54, 1.807) is 12.1 Å². The Morgan fingerprint density at radius 2 is 2.50 bits per heavy atom. The van der Waals surface area contributed by atoms with E-state index in [-0.39, 0.29) is 17.8 Å². The second-order valence-electron chi connectivity index (χ2n) is 3.91. The summed E-state index contributed by atoms with van der Waals surface area (Å²) in [6.07, 6.45) is 2.36. The number of carbonyl (C=O) groups excluding carboxylic acids is 2. The molecule has 2 rings (SSSR count). The summed E-state index contributed by atoms with van der Waals surface area (Å²) in [6.45, 7) is 1.34. The first-order valence-corrected chi connectivity index (χ1v) is 5.21. The van der Waals surface area contributed by atoms with E-state index in [0.717, 1.165) is 0 Å². The third-order valence-electron chi connectivity index (χ3n) is 2.74. The van der Waals surface area contributed by atoms with Gasteiger partial charge in [0.25, 0.3) is 0 Å². The van der Waals surface area contributed by atoms with E-state index in [4.69, 9.17) is 0 Å². The number of nitrogens with one attached hydrogen (secondary N) is 1. The van der Waals surface area contributed by atoms with Crippen molar-refractivity contribution in [1.82, 2.24) is 9.88 Å². The van der Waals surface area contributed by atoms with Gasteiger partial charge < -0.3 is 14.6 Å². The number of hydrogen-bond donors (Lipinski definition) is 1. The zero-order valence-electron chi connectivity index (χ0n) is 9.10. The molecule has 16 heavy (non-hydrogen) atoms. The van der Waals surface area contributed by atoms with Crippen LogP contribution in [0.4, 0.5) is 0 Å². The summed E-state index contributed by atoms with van der Waals surface area (Å²) in [5, 5.41) is 2.78. The molecule has 1 saturated heterocycles. The highest BCUT2D eigenvalue weighted by atomic mass is 16.5. The maximum absolute atomic E-state index is 11.4. The number of ether oxygens (including phenoxy) is 1. The summed E-state index contributed by atoms with van der Waals surface area (Å²) in [6, 6.07) is 3.52. The minimum absolute atomic E-state index is 0.0803. The predicted molar refractivity (Wildman–Crippen MR) is 56.9 cm³/mol. The molecule has 1 aromatic rings. The Labute approximate surface area is 93.4 Å². The predicted octanol–water partition coefficient (Wildman–Crippen LogP) is 0.411. The molecule has 5 nitrogen and oxygen atoms in total. The van der Waals surface area contributed by atoms with Gasteiger partial charge in [0.1, 0.15) is 5.69 Å². The molecular formula is C11H14N2O3. The van der Waals surface area contributed by atoms with Crippen LogP contribution < -0.4 is 5.32 Å². The normalized spacial score (nSPS) is 19.6. The van der Waals surface area contributed by atoms with Crippen LogP contribution in [0.2, 0.25) is 0 Å². The lowest BCUT2D eigenvalue weighted by atomic mass is 10.1. The SMILES string of the molecule is COC(=O)c1cccn1CC1CNC(=O)C1. The standard InChI is InChI=1S/C11H14N2O3/c1-16-11(15)9-3-2-4-13(9)7-8-5-10(14)12-6-8/h2-4,8H,5-7H2,1H3,(H,12,14). The van der Waals surface area contributed by atoms with E-state index in [9.17, 15) is 9.59 Å². The van der Waals surface area contributed by atoms with Gasteiger partial charge in [-0.25, -0.2) is 4.79 Å². The lowest BCUT2D eigenvalue weighted by molar-refractivity contribution is -0.119. The molecule has 1 amide bonds. The van der Waals surface area contributed by atoms with Crippen molar-refractivity contribution in [3.8, 4) is 0 Å². The van der Waals surface area contributed by atoms with Crippen LogP contribution in [-0.4, -0.2) is 30.1 Å². The largest absolute Gasteiger partial charge is 0.464 e. The molecule has 0 saturated carbocycles. The number of carbonyl (C=O) groups is 2. The van der Waals surface area contributed by atoms with Gasteiger partial charge in [0.05, 0.1) is 7.11 Å². The average molecular weight is 222 g/mol. The first kappa shape index (κ1) is 10.7. The van der Waals surface area contributed by atoms with Crippen LogP contribution in [0.15, 0.2) is 18.3 Å². The van der Waals surface area contributed by atoms with E-state index >= 15 is 0 Å². The van der Waals surface area contributed by atoms with Crippen LogP contribution >= 0.6 is 0 Å². The monoisotopic (exact) mass is 222 g/mol. The quantitative estimate of drug-likeness (QED) is 0.753. The molecule has 86 valence electrons. The fourth-order valence-electron chi connectivity index (χ4n) is 1.94. The van der Waals surface area contributed by atoms with Gasteiger partial charge in [-0.1, -0.05) is 0 Å². The smallest absolute Gasteiger partial charge is 0.354 e.